The van der Waals surface area contributed by atoms with Gasteiger partial charge in [0.05, 0.1) is 4.47 Å². The van der Waals surface area contributed by atoms with Crippen LogP contribution in [0.3, 0.4) is 0 Å². The van der Waals surface area contributed by atoms with E-state index in [4.69, 9.17) is 14.9 Å². The number of carboxylic acid groups (broad SMARTS) is 1. The van der Waals surface area contributed by atoms with Crippen LogP contribution < -0.4 is 10.1 Å². The predicted octanol–water partition coefficient (Wildman–Crippen LogP) is 0.919. The Morgan fingerprint density at radius 2 is 2.15 bits per heavy atom. The fourth-order valence-corrected chi connectivity index (χ4v) is 1.72. The summed E-state index contributed by atoms with van der Waals surface area (Å²) in [7, 11) is 0. The summed E-state index contributed by atoms with van der Waals surface area (Å²) >= 11 is 3.09. The molecular formula is C12H13BrFNO5. The van der Waals surface area contributed by atoms with Crippen LogP contribution in [0.2, 0.25) is 0 Å². The number of carbonyl (C=O) groups excluding carboxylic acids is 1. The molecule has 0 bridgehead atoms. The second-order valence-electron chi connectivity index (χ2n) is 3.86. The first-order valence-corrected chi connectivity index (χ1v) is 6.45. The monoisotopic (exact) mass is 349 g/mol. The maximum Gasteiger partial charge on any atom is 0.332 e. The van der Waals surface area contributed by atoms with Gasteiger partial charge in [-0.05, 0) is 34.1 Å². The van der Waals surface area contributed by atoms with Gasteiger partial charge in [0, 0.05) is 13.0 Å². The molecule has 0 radical (unpaired) electrons. The fraction of sp³-hybridized carbons (Fsp3) is 0.333. The van der Waals surface area contributed by atoms with E-state index in [9.17, 15) is 14.0 Å². The smallest absolute Gasteiger partial charge is 0.332 e. The first-order valence-electron chi connectivity index (χ1n) is 5.65. The Balaban J connectivity index is 2.31. The van der Waals surface area contributed by atoms with E-state index in [1.807, 2.05) is 0 Å². The zero-order valence-corrected chi connectivity index (χ0v) is 11.9. The quantitative estimate of drug-likeness (QED) is 0.680. The van der Waals surface area contributed by atoms with Crippen molar-refractivity contribution in [1.82, 2.24) is 5.32 Å². The van der Waals surface area contributed by atoms with Gasteiger partial charge in [0.25, 0.3) is 5.91 Å². The number of hydrogen-bond acceptors (Lipinski definition) is 4. The molecule has 0 spiro atoms. The highest BCUT2D eigenvalue weighted by atomic mass is 79.9. The highest BCUT2D eigenvalue weighted by molar-refractivity contribution is 9.10. The van der Waals surface area contributed by atoms with Crippen molar-refractivity contribution in [2.24, 2.45) is 0 Å². The van der Waals surface area contributed by atoms with E-state index in [-0.39, 0.29) is 19.6 Å². The molecule has 8 heteroatoms. The number of carboxylic acids is 1. The molecule has 0 aliphatic heterocycles. The Kier molecular flexibility index (Phi) is 6.40. The summed E-state index contributed by atoms with van der Waals surface area (Å²) in [5.74, 6) is -1.94. The number of carbonyl (C=O) groups is 2. The van der Waals surface area contributed by atoms with Crippen molar-refractivity contribution in [3.8, 4) is 5.75 Å². The summed E-state index contributed by atoms with van der Waals surface area (Å²) in [6.07, 6.45) is -1.61. The summed E-state index contributed by atoms with van der Waals surface area (Å²) in [6.45, 7) is -0.284. The Hall–Kier alpha value is -1.67. The SMILES string of the molecule is O=C(COc1ccc(F)cc1Br)NCCC(O)C(=O)O. The van der Waals surface area contributed by atoms with Crippen LogP contribution in [0, 0.1) is 5.82 Å². The van der Waals surface area contributed by atoms with E-state index >= 15 is 0 Å². The minimum absolute atomic E-state index is 0.0141. The van der Waals surface area contributed by atoms with E-state index in [0.29, 0.717) is 10.2 Å². The van der Waals surface area contributed by atoms with Crippen molar-refractivity contribution in [3.05, 3.63) is 28.5 Å². The maximum absolute atomic E-state index is 12.8. The van der Waals surface area contributed by atoms with Gasteiger partial charge in [-0.1, -0.05) is 0 Å². The van der Waals surface area contributed by atoms with Gasteiger partial charge in [-0.2, -0.15) is 0 Å². The largest absolute Gasteiger partial charge is 0.483 e. The summed E-state index contributed by atoms with van der Waals surface area (Å²) in [4.78, 5) is 21.7. The second-order valence-corrected chi connectivity index (χ2v) is 4.71. The first kappa shape index (κ1) is 16.4. The van der Waals surface area contributed by atoms with Crippen LogP contribution >= 0.6 is 15.9 Å². The number of nitrogens with one attached hydrogen (secondary N) is 1. The van der Waals surface area contributed by atoms with Gasteiger partial charge in [-0.15, -0.1) is 0 Å². The molecule has 1 atom stereocenters. The van der Waals surface area contributed by atoms with Gasteiger partial charge in [0.2, 0.25) is 0 Å². The standard InChI is InChI=1S/C12H13BrFNO5/c13-8-5-7(14)1-2-10(8)20-6-11(17)15-4-3-9(16)12(18)19/h1-2,5,9,16H,3-4,6H2,(H,15,17)(H,18,19). The Morgan fingerprint density at radius 1 is 1.45 bits per heavy atom. The number of aliphatic hydroxyl groups is 1. The number of aliphatic hydroxyl groups excluding tert-OH is 1. The summed E-state index contributed by atoms with van der Waals surface area (Å²) < 4.78 is 18.4. The Bertz CT molecular complexity index is 497. The molecule has 3 N–H and O–H groups in total. The molecule has 6 nitrogen and oxygen atoms in total. The van der Waals surface area contributed by atoms with Crippen molar-refractivity contribution in [2.45, 2.75) is 12.5 Å². The predicted molar refractivity (Wildman–Crippen MR) is 70.9 cm³/mol. The lowest BCUT2D eigenvalue weighted by molar-refractivity contribution is -0.147. The molecular weight excluding hydrogens is 337 g/mol. The van der Waals surface area contributed by atoms with Gasteiger partial charge >= 0.3 is 5.97 Å². The number of rotatable bonds is 7. The molecule has 0 aliphatic carbocycles. The molecule has 0 saturated heterocycles. The lowest BCUT2D eigenvalue weighted by Crippen LogP contribution is -2.33. The van der Waals surface area contributed by atoms with Gasteiger partial charge < -0.3 is 20.3 Å². The van der Waals surface area contributed by atoms with E-state index in [1.54, 1.807) is 0 Å². The summed E-state index contributed by atoms with van der Waals surface area (Å²) in [6, 6.07) is 3.78. The molecule has 0 heterocycles. The lowest BCUT2D eigenvalue weighted by atomic mass is 10.2. The van der Waals surface area contributed by atoms with Crippen LogP contribution in [0.15, 0.2) is 22.7 Å². The number of amides is 1. The fourth-order valence-electron chi connectivity index (χ4n) is 1.26. The molecule has 20 heavy (non-hydrogen) atoms. The van der Waals surface area contributed by atoms with Gasteiger partial charge in [-0.25, -0.2) is 9.18 Å². The number of ether oxygens (including phenoxy) is 1. The van der Waals surface area contributed by atoms with Crippen LogP contribution in [-0.4, -0.2) is 41.3 Å². The van der Waals surface area contributed by atoms with Gasteiger partial charge in [-0.3, -0.25) is 4.79 Å². The zero-order chi connectivity index (χ0) is 15.1. The van der Waals surface area contributed by atoms with Crippen molar-refractivity contribution < 1.29 is 28.9 Å². The Morgan fingerprint density at radius 3 is 2.75 bits per heavy atom. The van der Waals surface area contributed by atoms with Gasteiger partial charge in [0.1, 0.15) is 11.6 Å². The average Bonchev–Trinajstić information content (AvgIpc) is 2.37. The van der Waals surface area contributed by atoms with E-state index in [2.05, 4.69) is 21.2 Å². The Labute approximate surface area is 122 Å². The summed E-state index contributed by atoms with van der Waals surface area (Å²) in [5, 5.41) is 19.8. The van der Waals surface area contributed by atoms with E-state index in [0.717, 1.165) is 0 Å². The topological polar surface area (TPSA) is 95.9 Å². The molecule has 1 rings (SSSR count). The van der Waals surface area contributed by atoms with Crippen molar-refractivity contribution in [3.63, 3.8) is 0 Å². The molecule has 1 aromatic carbocycles. The van der Waals surface area contributed by atoms with Crippen LogP contribution in [0.1, 0.15) is 6.42 Å². The molecule has 0 fully saturated rings. The zero-order valence-electron chi connectivity index (χ0n) is 10.3. The second kappa shape index (κ2) is 7.81. The number of halogens is 2. The normalized spacial score (nSPS) is 11.8. The number of benzene rings is 1. The van der Waals surface area contributed by atoms with Crippen LogP contribution in [-0.2, 0) is 9.59 Å². The van der Waals surface area contributed by atoms with E-state index < -0.39 is 23.8 Å². The third-order valence-electron chi connectivity index (χ3n) is 2.28. The highest BCUT2D eigenvalue weighted by Crippen LogP contribution is 2.25. The van der Waals surface area contributed by atoms with E-state index in [1.165, 1.54) is 18.2 Å². The molecule has 110 valence electrons. The minimum Gasteiger partial charge on any atom is -0.483 e. The third kappa shape index (κ3) is 5.54. The van der Waals surface area contributed by atoms with Crippen LogP contribution in [0.25, 0.3) is 0 Å². The molecule has 1 aromatic rings. The minimum atomic E-state index is -1.51. The third-order valence-corrected chi connectivity index (χ3v) is 2.90. The molecule has 1 unspecified atom stereocenters. The summed E-state index contributed by atoms with van der Waals surface area (Å²) in [5.41, 5.74) is 0. The highest BCUT2D eigenvalue weighted by Gasteiger charge is 2.13. The average molecular weight is 350 g/mol. The molecule has 1 amide bonds. The van der Waals surface area contributed by atoms with Crippen LogP contribution in [0.4, 0.5) is 4.39 Å². The molecule has 0 aromatic heterocycles. The lowest BCUT2D eigenvalue weighted by Gasteiger charge is -2.09. The number of aliphatic carboxylic acids is 1. The molecule has 0 aliphatic rings. The maximum atomic E-state index is 12.8. The van der Waals surface area contributed by atoms with Crippen molar-refractivity contribution in [1.29, 1.82) is 0 Å². The van der Waals surface area contributed by atoms with Gasteiger partial charge in [0.15, 0.2) is 12.7 Å². The van der Waals surface area contributed by atoms with Crippen molar-refractivity contribution >= 4 is 27.8 Å². The first-order chi connectivity index (χ1) is 9.40. The molecule has 0 saturated carbocycles. The van der Waals surface area contributed by atoms with Crippen molar-refractivity contribution in [2.75, 3.05) is 13.2 Å². The number of hydrogen-bond donors (Lipinski definition) is 3. The van der Waals surface area contributed by atoms with Crippen LogP contribution in [0.5, 0.6) is 5.75 Å².